The van der Waals surface area contributed by atoms with Gasteiger partial charge in [-0.15, -0.1) is 24.0 Å². The number of aliphatic imine (C=N–C) groups is 1. The molecule has 0 radical (unpaired) electrons. The van der Waals surface area contributed by atoms with Gasteiger partial charge in [0.1, 0.15) is 18.1 Å². The minimum absolute atomic E-state index is 0. The van der Waals surface area contributed by atoms with E-state index in [0.29, 0.717) is 37.0 Å². The number of rotatable bonds is 9. The van der Waals surface area contributed by atoms with E-state index in [-0.39, 0.29) is 36.3 Å². The van der Waals surface area contributed by atoms with Crippen molar-refractivity contribution in [3.05, 3.63) is 54.4 Å². The number of pyridine rings is 1. The third-order valence-corrected chi connectivity index (χ3v) is 3.24. The first kappa shape index (κ1) is 22.9. The minimum Gasteiger partial charge on any atom is -0.490 e. The third kappa shape index (κ3) is 8.85. The fraction of sp³-hybridized carbons (Fsp3) is 0.333. The van der Waals surface area contributed by atoms with Gasteiger partial charge in [0, 0.05) is 18.3 Å². The van der Waals surface area contributed by atoms with E-state index in [1.165, 1.54) is 6.07 Å². The second-order valence-corrected chi connectivity index (χ2v) is 5.15. The molecule has 1 heterocycles. The van der Waals surface area contributed by atoms with Gasteiger partial charge in [-0.2, -0.15) is 8.78 Å². The number of hydrogen-bond donors (Lipinski definition) is 2. The number of nitrogens with zero attached hydrogens (tertiary/aromatic N) is 2. The maximum atomic E-state index is 12.5. The number of para-hydroxylation sites is 1. The first-order valence-corrected chi connectivity index (χ1v) is 8.26. The van der Waals surface area contributed by atoms with Crippen LogP contribution in [0.4, 0.5) is 8.78 Å². The van der Waals surface area contributed by atoms with E-state index < -0.39 is 6.61 Å². The van der Waals surface area contributed by atoms with Crippen LogP contribution in [0.25, 0.3) is 0 Å². The molecule has 0 spiro atoms. The van der Waals surface area contributed by atoms with Crippen LogP contribution in [0.5, 0.6) is 11.5 Å². The van der Waals surface area contributed by atoms with Crippen molar-refractivity contribution in [3.63, 3.8) is 0 Å². The third-order valence-electron chi connectivity index (χ3n) is 3.24. The summed E-state index contributed by atoms with van der Waals surface area (Å²) < 4.78 is 35.0. The average Bonchev–Trinajstić information content (AvgIpc) is 2.64. The summed E-state index contributed by atoms with van der Waals surface area (Å²) in [6.07, 6.45) is 3.32. The van der Waals surface area contributed by atoms with Crippen molar-refractivity contribution in [2.75, 3.05) is 19.7 Å². The zero-order valence-electron chi connectivity index (χ0n) is 14.9. The molecule has 2 N–H and O–H groups in total. The Labute approximate surface area is 174 Å². The van der Waals surface area contributed by atoms with Crippen molar-refractivity contribution >= 4 is 29.9 Å². The molecule has 0 saturated heterocycles. The molecule has 1 aromatic carbocycles. The van der Waals surface area contributed by atoms with Crippen LogP contribution < -0.4 is 20.1 Å². The van der Waals surface area contributed by atoms with Gasteiger partial charge in [-0.1, -0.05) is 18.2 Å². The van der Waals surface area contributed by atoms with Crippen molar-refractivity contribution < 1.29 is 18.3 Å². The molecule has 0 atom stereocenters. The predicted molar refractivity (Wildman–Crippen MR) is 111 cm³/mol. The summed E-state index contributed by atoms with van der Waals surface area (Å²) in [6, 6.07) is 10.2. The molecule has 0 aliphatic heterocycles. The Kier molecular flexibility index (Phi) is 11.1. The molecule has 6 nitrogen and oxygen atoms in total. The monoisotopic (exact) mass is 492 g/mol. The first-order valence-electron chi connectivity index (χ1n) is 8.26. The van der Waals surface area contributed by atoms with E-state index >= 15 is 0 Å². The van der Waals surface area contributed by atoms with Crippen molar-refractivity contribution in [1.29, 1.82) is 0 Å². The normalized spacial score (nSPS) is 10.9. The summed E-state index contributed by atoms with van der Waals surface area (Å²) in [5.41, 5.74) is 0.580. The molecule has 0 fully saturated rings. The number of nitrogens with one attached hydrogen (secondary N) is 2. The largest absolute Gasteiger partial charge is 0.490 e. The molecule has 2 rings (SSSR count). The molecule has 0 aliphatic rings. The van der Waals surface area contributed by atoms with Crippen LogP contribution in [0.3, 0.4) is 0 Å². The van der Waals surface area contributed by atoms with Crippen LogP contribution in [0, 0.1) is 0 Å². The van der Waals surface area contributed by atoms with Crippen LogP contribution in [0.15, 0.2) is 53.8 Å². The van der Waals surface area contributed by atoms with E-state index in [9.17, 15) is 8.78 Å². The van der Waals surface area contributed by atoms with Gasteiger partial charge in [-0.05, 0) is 25.1 Å². The highest BCUT2D eigenvalue weighted by Gasteiger charge is 2.09. The van der Waals surface area contributed by atoms with Gasteiger partial charge in [0.25, 0.3) is 0 Å². The topological polar surface area (TPSA) is 67.8 Å². The molecule has 0 unspecified atom stereocenters. The lowest BCUT2D eigenvalue weighted by molar-refractivity contribution is -0.0504. The first-order chi connectivity index (χ1) is 12.7. The molecule has 0 aliphatic carbocycles. The summed E-state index contributed by atoms with van der Waals surface area (Å²) in [5, 5.41) is 6.22. The Balaban J connectivity index is 0.00000364. The Bertz CT molecular complexity index is 690. The molecule has 0 saturated carbocycles. The second-order valence-electron chi connectivity index (χ2n) is 5.15. The molecule has 0 amide bonds. The van der Waals surface area contributed by atoms with Gasteiger partial charge in [-0.3, -0.25) is 4.98 Å². The molecular weight excluding hydrogens is 469 g/mol. The zero-order valence-corrected chi connectivity index (χ0v) is 17.2. The van der Waals surface area contributed by atoms with E-state index in [1.807, 2.05) is 13.0 Å². The molecular formula is C18H23F2IN4O2. The summed E-state index contributed by atoms with van der Waals surface area (Å²) in [7, 11) is 0. The van der Waals surface area contributed by atoms with Crippen LogP contribution in [0.2, 0.25) is 0 Å². The van der Waals surface area contributed by atoms with E-state index in [0.717, 1.165) is 0 Å². The number of aromatic nitrogens is 1. The smallest absolute Gasteiger partial charge is 0.387 e. The highest BCUT2D eigenvalue weighted by Crippen LogP contribution is 2.20. The summed E-state index contributed by atoms with van der Waals surface area (Å²) >= 11 is 0. The number of benzene rings is 1. The second kappa shape index (κ2) is 13.1. The lowest BCUT2D eigenvalue weighted by Gasteiger charge is -2.13. The number of alkyl halides is 2. The highest BCUT2D eigenvalue weighted by atomic mass is 127. The molecule has 0 bridgehead atoms. The number of guanidine groups is 1. The fourth-order valence-electron chi connectivity index (χ4n) is 2.12. The van der Waals surface area contributed by atoms with E-state index in [4.69, 9.17) is 4.74 Å². The molecule has 1 aromatic heterocycles. The molecule has 9 heteroatoms. The van der Waals surface area contributed by atoms with Gasteiger partial charge in [-0.25, -0.2) is 4.99 Å². The summed E-state index contributed by atoms with van der Waals surface area (Å²) in [5.74, 6) is 1.38. The zero-order chi connectivity index (χ0) is 18.6. The SMILES string of the molecule is CCNC(=NCc1ccccc1OC(F)F)NCCOc1cccnc1.I. The number of ether oxygens (including phenoxy) is 2. The maximum Gasteiger partial charge on any atom is 0.387 e. The van der Waals surface area contributed by atoms with Gasteiger partial charge < -0.3 is 20.1 Å². The predicted octanol–water partition coefficient (Wildman–Crippen LogP) is 3.44. The van der Waals surface area contributed by atoms with Crippen LogP contribution >= 0.6 is 24.0 Å². The summed E-state index contributed by atoms with van der Waals surface area (Å²) in [6.45, 7) is 0.914. The van der Waals surface area contributed by atoms with Gasteiger partial charge in [0.15, 0.2) is 5.96 Å². The van der Waals surface area contributed by atoms with Gasteiger partial charge in [0.05, 0.1) is 19.3 Å². The number of hydrogen-bond acceptors (Lipinski definition) is 4. The quantitative estimate of drug-likeness (QED) is 0.243. The van der Waals surface area contributed by atoms with Crippen LogP contribution in [-0.4, -0.2) is 37.3 Å². The average molecular weight is 492 g/mol. The lowest BCUT2D eigenvalue weighted by Crippen LogP contribution is -2.39. The molecule has 27 heavy (non-hydrogen) atoms. The van der Waals surface area contributed by atoms with Crippen molar-refractivity contribution in [1.82, 2.24) is 15.6 Å². The summed E-state index contributed by atoms with van der Waals surface area (Å²) in [4.78, 5) is 8.37. The van der Waals surface area contributed by atoms with E-state index in [1.54, 1.807) is 36.7 Å². The minimum atomic E-state index is -2.86. The van der Waals surface area contributed by atoms with Crippen LogP contribution in [-0.2, 0) is 6.54 Å². The Morgan fingerprint density at radius 1 is 1.19 bits per heavy atom. The van der Waals surface area contributed by atoms with Crippen molar-refractivity contribution in [2.45, 2.75) is 20.1 Å². The Morgan fingerprint density at radius 3 is 2.70 bits per heavy atom. The van der Waals surface area contributed by atoms with E-state index in [2.05, 4.69) is 25.3 Å². The highest BCUT2D eigenvalue weighted by molar-refractivity contribution is 14.0. The van der Waals surface area contributed by atoms with Gasteiger partial charge in [0.2, 0.25) is 0 Å². The Morgan fingerprint density at radius 2 is 2.00 bits per heavy atom. The standard InChI is InChI=1S/C18H22F2N4O2.HI/c1-2-22-18(23-10-11-25-15-7-5-9-21-13-15)24-12-14-6-3-4-8-16(14)26-17(19)20;/h3-9,13,17H,2,10-12H2,1H3,(H2,22,23,24);1H. The van der Waals surface area contributed by atoms with Crippen molar-refractivity contribution in [3.8, 4) is 11.5 Å². The Hall–Kier alpha value is -2.17. The molecule has 2 aromatic rings. The van der Waals surface area contributed by atoms with Crippen LogP contribution in [0.1, 0.15) is 12.5 Å². The fourth-order valence-corrected chi connectivity index (χ4v) is 2.12. The lowest BCUT2D eigenvalue weighted by atomic mass is 10.2. The van der Waals surface area contributed by atoms with Gasteiger partial charge >= 0.3 is 6.61 Å². The number of halogens is 3. The molecule has 148 valence electrons. The van der Waals surface area contributed by atoms with Crippen molar-refractivity contribution in [2.24, 2.45) is 4.99 Å². The maximum absolute atomic E-state index is 12.5.